The highest BCUT2D eigenvalue weighted by Crippen LogP contribution is 2.16. The van der Waals surface area contributed by atoms with Gasteiger partial charge in [-0.25, -0.2) is 9.97 Å². The zero-order valence-electron chi connectivity index (χ0n) is 10.4. The molecule has 0 bridgehead atoms. The predicted octanol–water partition coefficient (Wildman–Crippen LogP) is 2.21. The van der Waals surface area contributed by atoms with Gasteiger partial charge in [-0.3, -0.25) is 0 Å². The maximum atomic E-state index is 4.38. The maximum Gasteiger partial charge on any atom is 0.225 e. The molecule has 1 unspecified atom stereocenters. The molecule has 0 amide bonds. The molecule has 4 nitrogen and oxygen atoms in total. The normalized spacial score (nSPS) is 19.9. The van der Waals surface area contributed by atoms with Gasteiger partial charge in [0.25, 0.3) is 0 Å². The summed E-state index contributed by atoms with van der Waals surface area (Å²) in [7, 11) is 0. The van der Waals surface area contributed by atoms with E-state index in [0.29, 0.717) is 12.1 Å². The Morgan fingerprint density at radius 1 is 1.47 bits per heavy atom. The standard InChI is InChI=1S/C12H19BrN4/c1-9(2)17(8-11-4-3-5-14-11)12-15-6-10(13)7-16-12/h6-7,9,11,14H,3-5,8H2,1-2H3. The van der Waals surface area contributed by atoms with E-state index in [1.165, 1.54) is 12.8 Å². The molecule has 2 rings (SSSR count). The molecule has 2 heterocycles. The van der Waals surface area contributed by atoms with Crippen LogP contribution in [0.1, 0.15) is 26.7 Å². The summed E-state index contributed by atoms with van der Waals surface area (Å²) >= 11 is 3.36. The van der Waals surface area contributed by atoms with E-state index in [-0.39, 0.29) is 0 Å². The quantitative estimate of drug-likeness (QED) is 0.925. The molecule has 17 heavy (non-hydrogen) atoms. The van der Waals surface area contributed by atoms with Gasteiger partial charge in [-0.05, 0) is 49.2 Å². The van der Waals surface area contributed by atoms with Crippen LogP contribution in [-0.4, -0.2) is 35.1 Å². The zero-order chi connectivity index (χ0) is 12.3. The highest BCUT2D eigenvalue weighted by atomic mass is 79.9. The van der Waals surface area contributed by atoms with Crippen LogP contribution in [-0.2, 0) is 0 Å². The highest BCUT2D eigenvalue weighted by Gasteiger charge is 2.21. The number of anilines is 1. The van der Waals surface area contributed by atoms with Crippen molar-refractivity contribution in [2.24, 2.45) is 0 Å². The molecule has 5 heteroatoms. The van der Waals surface area contributed by atoms with Crippen molar-refractivity contribution in [3.8, 4) is 0 Å². The molecule has 0 radical (unpaired) electrons. The summed E-state index contributed by atoms with van der Waals surface area (Å²) in [6, 6.07) is 0.989. The second-order valence-electron chi connectivity index (χ2n) is 4.74. The Bertz CT molecular complexity index is 346. The Kier molecular flexibility index (Phi) is 4.34. The number of rotatable bonds is 4. The first-order valence-electron chi connectivity index (χ1n) is 6.14. The smallest absolute Gasteiger partial charge is 0.225 e. The Hall–Kier alpha value is -0.680. The summed E-state index contributed by atoms with van der Waals surface area (Å²) in [6.07, 6.45) is 6.14. The van der Waals surface area contributed by atoms with E-state index in [1.54, 1.807) is 12.4 Å². The van der Waals surface area contributed by atoms with Crippen LogP contribution in [0.25, 0.3) is 0 Å². The first-order chi connectivity index (χ1) is 8.16. The van der Waals surface area contributed by atoms with Crippen LogP contribution < -0.4 is 10.2 Å². The number of aromatic nitrogens is 2. The van der Waals surface area contributed by atoms with Gasteiger partial charge in [-0.2, -0.15) is 0 Å². The summed E-state index contributed by atoms with van der Waals surface area (Å²) in [4.78, 5) is 11.0. The van der Waals surface area contributed by atoms with Crippen molar-refractivity contribution in [2.75, 3.05) is 18.0 Å². The van der Waals surface area contributed by atoms with Crippen molar-refractivity contribution in [3.05, 3.63) is 16.9 Å². The van der Waals surface area contributed by atoms with E-state index in [0.717, 1.165) is 23.5 Å². The molecule has 1 N–H and O–H groups in total. The molecule has 0 aliphatic carbocycles. The minimum Gasteiger partial charge on any atom is -0.337 e. The van der Waals surface area contributed by atoms with Crippen molar-refractivity contribution in [1.29, 1.82) is 0 Å². The predicted molar refractivity (Wildman–Crippen MR) is 73.2 cm³/mol. The third-order valence-corrected chi connectivity index (χ3v) is 3.48. The molecule has 0 aromatic carbocycles. The zero-order valence-corrected chi connectivity index (χ0v) is 11.9. The summed E-state index contributed by atoms with van der Waals surface area (Å²) in [5.74, 6) is 0.817. The summed E-state index contributed by atoms with van der Waals surface area (Å²) < 4.78 is 0.920. The highest BCUT2D eigenvalue weighted by molar-refractivity contribution is 9.10. The fraction of sp³-hybridized carbons (Fsp3) is 0.667. The van der Waals surface area contributed by atoms with Gasteiger partial charge in [-0.1, -0.05) is 0 Å². The third kappa shape index (κ3) is 3.39. The lowest BCUT2D eigenvalue weighted by Crippen LogP contribution is -2.42. The number of halogens is 1. The van der Waals surface area contributed by atoms with Gasteiger partial charge in [0.15, 0.2) is 0 Å². The number of nitrogens with one attached hydrogen (secondary N) is 1. The SMILES string of the molecule is CC(C)N(CC1CCCN1)c1ncc(Br)cn1. The Labute approximate surface area is 111 Å². The monoisotopic (exact) mass is 298 g/mol. The van der Waals surface area contributed by atoms with Gasteiger partial charge in [-0.15, -0.1) is 0 Å². The van der Waals surface area contributed by atoms with Crippen LogP contribution in [0.2, 0.25) is 0 Å². The van der Waals surface area contributed by atoms with Gasteiger partial charge >= 0.3 is 0 Å². The lowest BCUT2D eigenvalue weighted by atomic mass is 10.2. The van der Waals surface area contributed by atoms with Crippen LogP contribution >= 0.6 is 15.9 Å². The molecule has 94 valence electrons. The lowest BCUT2D eigenvalue weighted by Gasteiger charge is -2.29. The topological polar surface area (TPSA) is 41.0 Å². The minimum atomic E-state index is 0.415. The van der Waals surface area contributed by atoms with Crippen molar-refractivity contribution >= 4 is 21.9 Å². The maximum absolute atomic E-state index is 4.38. The molecule has 1 aromatic heterocycles. The summed E-state index contributed by atoms with van der Waals surface area (Å²) in [6.45, 7) is 6.48. The average molecular weight is 299 g/mol. The summed E-state index contributed by atoms with van der Waals surface area (Å²) in [5, 5.41) is 3.52. The van der Waals surface area contributed by atoms with Crippen LogP contribution in [0.15, 0.2) is 16.9 Å². The number of nitrogens with zero attached hydrogens (tertiary/aromatic N) is 3. The number of hydrogen-bond donors (Lipinski definition) is 1. The average Bonchev–Trinajstić information content (AvgIpc) is 2.80. The molecular formula is C12H19BrN4. The Morgan fingerprint density at radius 3 is 2.71 bits per heavy atom. The first kappa shape index (κ1) is 12.8. The minimum absolute atomic E-state index is 0.415. The molecule has 1 aliphatic rings. The van der Waals surface area contributed by atoms with E-state index < -0.39 is 0 Å². The Morgan fingerprint density at radius 2 is 2.18 bits per heavy atom. The van der Waals surface area contributed by atoms with Crippen molar-refractivity contribution in [1.82, 2.24) is 15.3 Å². The fourth-order valence-corrected chi connectivity index (χ4v) is 2.33. The second-order valence-corrected chi connectivity index (χ2v) is 5.66. The van der Waals surface area contributed by atoms with Crippen LogP contribution in [0.4, 0.5) is 5.95 Å². The second kappa shape index (κ2) is 5.78. The van der Waals surface area contributed by atoms with E-state index in [4.69, 9.17) is 0 Å². The van der Waals surface area contributed by atoms with E-state index in [2.05, 4.69) is 50.0 Å². The Balaban J connectivity index is 2.08. The van der Waals surface area contributed by atoms with E-state index >= 15 is 0 Å². The molecule has 1 saturated heterocycles. The van der Waals surface area contributed by atoms with Crippen molar-refractivity contribution in [2.45, 2.75) is 38.8 Å². The first-order valence-corrected chi connectivity index (χ1v) is 6.93. The molecule has 1 aliphatic heterocycles. The third-order valence-electron chi connectivity index (χ3n) is 3.07. The van der Waals surface area contributed by atoms with E-state index in [9.17, 15) is 0 Å². The van der Waals surface area contributed by atoms with Gasteiger partial charge < -0.3 is 10.2 Å². The van der Waals surface area contributed by atoms with Gasteiger partial charge in [0.2, 0.25) is 5.95 Å². The van der Waals surface area contributed by atoms with Gasteiger partial charge in [0, 0.05) is 31.0 Å². The molecule has 0 spiro atoms. The van der Waals surface area contributed by atoms with E-state index in [1.807, 2.05) is 0 Å². The fourth-order valence-electron chi connectivity index (χ4n) is 2.13. The van der Waals surface area contributed by atoms with Crippen LogP contribution in [0.5, 0.6) is 0 Å². The van der Waals surface area contributed by atoms with Crippen LogP contribution in [0.3, 0.4) is 0 Å². The van der Waals surface area contributed by atoms with Crippen molar-refractivity contribution in [3.63, 3.8) is 0 Å². The molecule has 1 atom stereocenters. The van der Waals surface area contributed by atoms with Crippen LogP contribution in [0, 0.1) is 0 Å². The number of hydrogen-bond acceptors (Lipinski definition) is 4. The molecular weight excluding hydrogens is 280 g/mol. The molecule has 0 saturated carbocycles. The largest absolute Gasteiger partial charge is 0.337 e. The van der Waals surface area contributed by atoms with Gasteiger partial charge in [0.1, 0.15) is 0 Å². The lowest BCUT2D eigenvalue weighted by molar-refractivity contribution is 0.544. The van der Waals surface area contributed by atoms with Gasteiger partial charge in [0.05, 0.1) is 4.47 Å². The summed E-state index contributed by atoms with van der Waals surface area (Å²) in [5.41, 5.74) is 0. The molecule has 1 fully saturated rings. The van der Waals surface area contributed by atoms with Crippen molar-refractivity contribution < 1.29 is 0 Å². The molecule has 1 aromatic rings.